The van der Waals surface area contributed by atoms with Gasteiger partial charge in [0.2, 0.25) is 0 Å². The number of furan rings is 1. The number of ether oxygens (including phenoxy) is 1. The lowest BCUT2D eigenvalue weighted by atomic mass is 10.0. The molecule has 2 aromatic rings. The van der Waals surface area contributed by atoms with E-state index in [-0.39, 0.29) is 5.91 Å². The molecule has 0 spiro atoms. The van der Waals surface area contributed by atoms with Gasteiger partial charge in [0.25, 0.3) is 5.91 Å². The zero-order valence-electron chi connectivity index (χ0n) is 15.3. The summed E-state index contributed by atoms with van der Waals surface area (Å²) in [6.45, 7) is 5.76. The quantitative estimate of drug-likeness (QED) is 0.756. The second-order valence-corrected chi connectivity index (χ2v) is 7.00. The fourth-order valence-corrected chi connectivity index (χ4v) is 3.79. The number of carbonyl (C=O) groups excluding carboxylic acids is 1. The van der Waals surface area contributed by atoms with Crippen molar-refractivity contribution < 1.29 is 18.8 Å². The van der Waals surface area contributed by atoms with Crippen molar-refractivity contribution in [2.45, 2.75) is 45.3 Å². The van der Waals surface area contributed by atoms with Gasteiger partial charge in [-0.2, -0.15) is 0 Å². The van der Waals surface area contributed by atoms with Gasteiger partial charge >= 0.3 is 0 Å². The van der Waals surface area contributed by atoms with Crippen LogP contribution in [0.4, 0.5) is 0 Å². The lowest BCUT2D eigenvalue weighted by molar-refractivity contribution is -0.928. The van der Waals surface area contributed by atoms with Crippen LogP contribution in [0.1, 0.15) is 48.7 Å². The minimum Gasteiger partial charge on any atom is -0.451 e. The summed E-state index contributed by atoms with van der Waals surface area (Å²) in [5.41, 5.74) is 1.55. The molecule has 5 nitrogen and oxygen atoms in total. The summed E-state index contributed by atoms with van der Waals surface area (Å²) >= 11 is 0. The van der Waals surface area contributed by atoms with Gasteiger partial charge in [-0.1, -0.05) is 18.2 Å². The lowest BCUT2D eigenvalue weighted by Crippen LogP contribution is -3.16. The Bertz CT molecular complexity index is 710. The minimum absolute atomic E-state index is 0.148. The molecule has 1 aliphatic rings. The van der Waals surface area contributed by atoms with Crippen LogP contribution < -0.4 is 10.2 Å². The predicted octanol–water partition coefficient (Wildman–Crippen LogP) is 2.16. The number of para-hydroxylation sites is 1. The van der Waals surface area contributed by atoms with Crippen molar-refractivity contribution in [3.8, 4) is 0 Å². The van der Waals surface area contributed by atoms with Gasteiger partial charge in [-0.3, -0.25) is 4.79 Å². The van der Waals surface area contributed by atoms with Crippen LogP contribution in [0.2, 0.25) is 0 Å². The normalized spacial score (nSPS) is 20.7. The number of amides is 1. The van der Waals surface area contributed by atoms with Crippen LogP contribution in [0.5, 0.6) is 0 Å². The Kier molecular flexibility index (Phi) is 6.10. The van der Waals surface area contributed by atoms with Gasteiger partial charge in [-0.05, 0) is 32.3 Å². The van der Waals surface area contributed by atoms with E-state index >= 15 is 0 Å². The Morgan fingerprint density at radius 1 is 1.36 bits per heavy atom. The number of fused-ring (bicyclic) bond motifs is 1. The van der Waals surface area contributed by atoms with Gasteiger partial charge < -0.3 is 19.4 Å². The summed E-state index contributed by atoms with van der Waals surface area (Å²) in [6, 6.07) is 8.44. The maximum atomic E-state index is 12.6. The fraction of sp³-hybridized carbons (Fsp3) is 0.550. The largest absolute Gasteiger partial charge is 0.451 e. The predicted molar refractivity (Wildman–Crippen MR) is 97.9 cm³/mol. The van der Waals surface area contributed by atoms with Crippen LogP contribution in [-0.2, 0) is 11.3 Å². The average Bonchev–Trinajstić information content (AvgIpc) is 2.99. The van der Waals surface area contributed by atoms with Crippen molar-refractivity contribution in [3.05, 3.63) is 35.6 Å². The molecule has 3 rings (SSSR count). The summed E-state index contributed by atoms with van der Waals surface area (Å²) in [4.78, 5) is 14.2. The van der Waals surface area contributed by atoms with Gasteiger partial charge in [0.1, 0.15) is 5.58 Å². The summed E-state index contributed by atoms with van der Waals surface area (Å²) < 4.78 is 11.0. The lowest BCUT2D eigenvalue weighted by Gasteiger charge is -2.30. The Balaban J connectivity index is 1.57. The van der Waals surface area contributed by atoms with Gasteiger partial charge in [0, 0.05) is 31.0 Å². The molecule has 25 heavy (non-hydrogen) atoms. The molecule has 1 unspecified atom stereocenters. The van der Waals surface area contributed by atoms with Gasteiger partial charge in [-0.15, -0.1) is 0 Å². The van der Waals surface area contributed by atoms with Crippen molar-refractivity contribution in [2.24, 2.45) is 0 Å². The van der Waals surface area contributed by atoms with Crippen LogP contribution in [0, 0.1) is 0 Å². The van der Waals surface area contributed by atoms with E-state index in [4.69, 9.17) is 9.15 Å². The molecule has 0 saturated carbocycles. The third-order valence-electron chi connectivity index (χ3n) is 5.24. The molecule has 2 N–H and O–H groups in total. The molecule has 2 atom stereocenters. The number of likely N-dealkylation sites (tertiary alicyclic amines) is 1. The standard InChI is InChI=1S/C20H28N2O3/c1-15-8-5-6-12-22(15)13-7-11-21-20(23)19-17(14-24-2)16-9-3-4-10-18(16)25-19/h3-4,9-10,15H,5-8,11-14H2,1-2H3,(H,21,23)/p+1/t15-/m0/s1. The van der Waals surface area contributed by atoms with Crippen molar-refractivity contribution in [1.29, 1.82) is 0 Å². The van der Waals surface area contributed by atoms with E-state index in [0.717, 1.165) is 35.5 Å². The topological polar surface area (TPSA) is 55.9 Å². The SMILES string of the molecule is COCc1c(C(=O)NCCC[NH+]2CCCC[C@@H]2C)oc2ccccc12. The molecule has 0 radical (unpaired) electrons. The molecule has 0 bridgehead atoms. The highest BCUT2D eigenvalue weighted by Crippen LogP contribution is 2.26. The number of methoxy groups -OCH3 is 1. The van der Waals surface area contributed by atoms with Gasteiger partial charge in [0.15, 0.2) is 5.76 Å². The molecule has 0 aliphatic carbocycles. The van der Waals surface area contributed by atoms with E-state index in [0.29, 0.717) is 18.9 Å². The molecule has 2 heterocycles. The molecule has 1 aromatic heterocycles. The zero-order valence-corrected chi connectivity index (χ0v) is 15.3. The Morgan fingerprint density at radius 2 is 2.20 bits per heavy atom. The van der Waals surface area contributed by atoms with Crippen LogP contribution >= 0.6 is 0 Å². The Morgan fingerprint density at radius 3 is 3.00 bits per heavy atom. The minimum atomic E-state index is -0.148. The van der Waals surface area contributed by atoms with Crippen molar-refractivity contribution in [2.75, 3.05) is 26.7 Å². The molecule has 1 aliphatic heterocycles. The Labute approximate surface area is 149 Å². The number of nitrogens with one attached hydrogen (secondary N) is 2. The smallest absolute Gasteiger partial charge is 0.287 e. The highest BCUT2D eigenvalue weighted by molar-refractivity contribution is 5.99. The van der Waals surface area contributed by atoms with Crippen LogP contribution in [0.3, 0.4) is 0 Å². The van der Waals surface area contributed by atoms with Crippen molar-refractivity contribution in [3.63, 3.8) is 0 Å². The summed E-state index contributed by atoms with van der Waals surface area (Å²) in [7, 11) is 1.63. The molecule has 5 heteroatoms. The third-order valence-corrected chi connectivity index (χ3v) is 5.24. The first-order valence-corrected chi connectivity index (χ1v) is 9.33. The zero-order chi connectivity index (χ0) is 17.6. The van der Waals surface area contributed by atoms with E-state index in [9.17, 15) is 4.79 Å². The highest BCUT2D eigenvalue weighted by atomic mass is 16.5. The number of carbonyl (C=O) groups is 1. The summed E-state index contributed by atoms with van der Waals surface area (Å²) in [5.74, 6) is 0.228. The molecule has 1 amide bonds. The van der Waals surface area contributed by atoms with E-state index in [2.05, 4.69) is 12.2 Å². The second kappa shape index (κ2) is 8.50. The molecular formula is C20H29N2O3+. The first kappa shape index (κ1) is 18.0. The second-order valence-electron chi connectivity index (χ2n) is 7.00. The first-order valence-electron chi connectivity index (χ1n) is 9.33. The summed E-state index contributed by atoms with van der Waals surface area (Å²) in [5, 5.41) is 3.96. The first-order chi connectivity index (χ1) is 12.2. The molecule has 1 fully saturated rings. The van der Waals surface area contributed by atoms with Crippen LogP contribution in [0.25, 0.3) is 11.0 Å². The maximum absolute atomic E-state index is 12.6. The number of hydrogen-bond acceptors (Lipinski definition) is 3. The van der Waals surface area contributed by atoms with E-state index in [1.165, 1.54) is 25.8 Å². The monoisotopic (exact) mass is 345 g/mol. The van der Waals surface area contributed by atoms with E-state index in [1.807, 2.05) is 24.3 Å². The molecular weight excluding hydrogens is 316 g/mol. The van der Waals surface area contributed by atoms with Crippen molar-refractivity contribution in [1.82, 2.24) is 5.32 Å². The van der Waals surface area contributed by atoms with Crippen LogP contribution in [-0.4, -0.2) is 38.7 Å². The Hall–Kier alpha value is -1.85. The molecule has 1 aromatic carbocycles. The number of quaternary nitrogens is 1. The van der Waals surface area contributed by atoms with Crippen LogP contribution in [0.15, 0.2) is 28.7 Å². The van der Waals surface area contributed by atoms with E-state index in [1.54, 1.807) is 12.0 Å². The van der Waals surface area contributed by atoms with Gasteiger partial charge in [0.05, 0.1) is 25.7 Å². The third kappa shape index (κ3) is 4.22. The van der Waals surface area contributed by atoms with E-state index < -0.39 is 0 Å². The molecule has 1 saturated heterocycles. The molecule has 136 valence electrons. The van der Waals surface area contributed by atoms with Crippen molar-refractivity contribution >= 4 is 16.9 Å². The average molecular weight is 345 g/mol. The number of piperidine rings is 1. The fourth-order valence-electron chi connectivity index (χ4n) is 3.79. The summed E-state index contributed by atoms with van der Waals surface area (Å²) in [6.07, 6.45) is 4.99. The maximum Gasteiger partial charge on any atom is 0.287 e. The number of rotatable bonds is 7. The highest BCUT2D eigenvalue weighted by Gasteiger charge is 2.22. The number of hydrogen-bond donors (Lipinski definition) is 2. The van der Waals surface area contributed by atoms with Gasteiger partial charge in [-0.25, -0.2) is 0 Å². The number of benzene rings is 1.